The van der Waals surface area contributed by atoms with Crippen LogP contribution in [-0.2, 0) is 16.3 Å². The van der Waals surface area contributed by atoms with Crippen LogP contribution in [0.15, 0.2) is 6.07 Å². The van der Waals surface area contributed by atoms with Crippen LogP contribution < -0.4 is 16.6 Å². The molecule has 1 aromatic heterocycles. The van der Waals surface area contributed by atoms with Gasteiger partial charge in [0.1, 0.15) is 17.5 Å². The molecule has 0 saturated heterocycles. The second-order valence-corrected chi connectivity index (χ2v) is 6.58. The van der Waals surface area contributed by atoms with Crippen molar-refractivity contribution in [1.29, 1.82) is 0 Å². The average molecular weight is 287 g/mol. The van der Waals surface area contributed by atoms with E-state index < -0.39 is 9.84 Å². The highest BCUT2D eigenvalue weighted by Gasteiger charge is 2.08. The van der Waals surface area contributed by atoms with Gasteiger partial charge in [0.25, 0.3) is 0 Å². The minimum atomic E-state index is -2.97. The fourth-order valence-electron chi connectivity index (χ4n) is 1.48. The van der Waals surface area contributed by atoms with Gasteiger partial charge < -0.3 is 10.7 Å². The zero-order valence-electron chi connectivity index (χ0n) is 11.3. The molecule has 1 heterocycles. The SMILES string of the molecule is CCCc1nc(NN)cc(NCCS(=O)(=O)CC)n1. The molecule has 8 heteroatoms. The monoisotopic (exact) mass is 287 g/mol. The summed E-state index contributed by atoms with van der Waals surface area (Å²) in [4.78, 5) is 8.51. The van der Waals surface area contributed by atoms with Crippen LogP contribution in [0.1, 0.15) is 26.1 Å². The molecule has 108 valence electrons. The smallest absolute Gasteiger partial charge is 0.151 e. The van der Waals surface area contributed by atoms with E-state index in [1.807, 2.05) is 6.92 Å². The third kappa shape index (κ3) is 5.39. The number of sulfone groups is 1. The summed E-state index contributed by atoms with van der Waals surface area (Å²) in [5.41, 5.74) is 2.47. The van der Waals surface area contributed by atoms with Gasteiger partial charge >= 0.3 is 0 Å². The van der Waals surface area contributed by atoms with E-state index in [-0.39, 0.29) is 11.5 Å². The molecule has 0 aliphatic carbocycles. The molecular weight excluding hydrogens is 266 g/mol. The summed E-state index contributed by atoms with van der Waals surface area (Å²) >= 11 is 0. The van der Waals surface area contributed by atoms with Crippen LogP contribution in [0.4, 0.5) is 11.6 Å². The van der Waals surface area contributed by atoms with E-state index in [4.69, 9.17) is 5.84 Å². The zero-order chi connectivity index (χ0) is 14.3. The van der Waals surface area contributed by atoms with Gasteiger partial charge in [-0.15, -0.1) is 0 Å². The maximum atomic E-state index is 11.4. The maximum Gasteiger partial charge on any atom is 0.151 e. The van der Waals surface area contributed by atoms with Crippen LogP contribution in [-0.4, -0.2) is 36.4 Å². The van der Waals surface area contributed by atoms with Gasteiger partial charge in [0, 0.05) is 24.8 Å². The molecular formula is C11H21N5O2S. The van der Waals surface area contributed by atoms with Crippen molar-refractivity contribution in [2.75, 3.05) is 28.8 Å². The van der Waals surface area contributed by atoms with Crippen LogP contribution in [0.25, 0.3) is 0 Å². The molecule has 0 aliphatic rings. The Hall–Kier alpha value is -1.41. The molecule has 0 aromatic carbocycles. The molecule has 1 aromatic rings. The Labute approximate surface area is 113 Å². The number of nitrogens with one attached hydrogen (secondary N) is 2. The first-order valence-corrected chi connectivity index (χ1v) is 8.11. The molecule has 0 atom stereocenters. The van der Waals surface area contributed by atoms with Crippen molar-refractivity contribution in [2.45, 2.75) is 26.7 Å². The number of nitrogens with zero attached hydrogens (tertiary/aromatic N) is 2. The van der Waals surface area contributed by atoms with Crippen molar-refractivity contribution < 1.29 is 8.42 Å². The van der Waals surface area contributed by atoms with Gasteiger partial charge in [-0.2, -0.15) is 0 Å². The molecule has 1 rings (SSSR count). The predicted molar refractivity (Wildman–Crippen MR) is 76.7 cm³/mol. The van der Waals surface area contributed by atoms with E-state index in [0.717, 1.165) is 12.8 Å². The molecule has 4 N–H and O–H groups in total. The largest absolute Gasteiger partial charge is 0.369 e. The number of nitrogen functional groups attached to an aromatic ring is 1. The van der Waals surface area contributed by atoms with E-state index in [0.29, 0.717) is 24.0 Å². The highest BCUT2D eigenvalue weighted by atomic mass is 32.2. The lowest BCUT2D eigenvalue weighted by Crippen LogP contribution is -2.18. The fraction of sp³-hybridized carbons (Fsp3) is 0.636. The lowest BCUT2D eigenvalue weighted by atomic mass is 10.3. The number of aromatic nitrogens is 2. The Kier molecular flexibility index (Phi) is 5.97. The molecule has 0 saturated carbocycles. The first kappa shape index (κ1) is 15.6. The summed E-state index contributed by atoms with van der Waals surface area (Å²) in [6.45, 7) is 3.99. The minimum Gasteiger partial charge on any atom is -0.369 e. The molecule has 0 bridgehead atoms. The maximum absolute atomic E-state index is 11.4. The zero-order valence-corrected chi connectivity index (χ0v) is 12.1. The van der Waals surface area contributed by atoms with E-state index in [1.165, 1.54) is 0 Å². The van der Waals surface area contributed by atoms with Crippen LogP contribution in [0.3, 0.4) is 0 Å². The molecule has 0 amide bonds. The Balaban J connectivity index is 2.69. The van der Waals surface area contributed by atoms with Crippen molar-refractivity contribution in [3.63, 3.8) is 0 Å². The van der Waals surface area contributed by atoms with Crippen molar-refractivity contribution in [3.05, 3.63) is 11.9 Å². The van der Waals surface area contributed by atoms with Crippen molar-refractivity contribution in [3.8, 4) is 0 Å². The topological polar surface area (TPSA) is 110 Å². The second kappa shape index (κ2) is 7.25. The number of anilines is 2. The fourth-order valence-corrected chi connectivity index (χ4v) is 2.18. The van der Waals surface area contributed by atoms with Crippen LogP contribution in [0, 0.1) is 0 Å². The van der Waals surface area contributed by atoms with Crippen molar-refractivity contribution in [2.24, 2.45) is 5.84 Å². The van der Waals surface area contributed by atoms with E-state index >= 15 is 0 Å². The standard InChI is InChI=1S/C11H21N5O2S/c1-3-5-9-14-10(8-11(15-9)16-12)13-6-7-19(17,18)4-2/h8H,3-7,12H2,1-2H3,(H2,13,14,15,16). The summed E-state index contributed by atoms with van der Waals surface area (Å²) in [5.74, 6) is 7.35. The molecule has 7 nitrogen and oxygen atoms in total. The molecule has 0 aliphatic heterocycles. The van der Waals surface area contributed by atoms with Gasteiger partial charge in [0.15, 0.2) is 9.84 Å². The quantitative estimate of drug-likeness (QED) is 0.473. The van der Waals surface area contributed by atoms with Crippen LogP contribution >= 0.6 is 0 Å². The number of rotatable bonds is 8. The molecule has 19 heavy (non-hydrogen) atoms. The number of aryl methyl sites for hydroxylation is 1. The van der Waals surface area contributed by atoms with E-state index in [1.54, 1.807) is 13.0 Å². The van der Waals surface area contributed by atoms with Gasteiger partial charge in [-0.05, 0) is 6.42 Å². The highest BCUT2D eigenvalue weighted by Crippen LogP contribution is 2.11. The van der Waals surface area contributed by atoms with Crippen molar-refractivity contribution >= 4 is 21.5 Å². The summed E-state index contributed by atoms with van der Waals surface area (Å²) in [6, 6.07) is 1.65. The number of hydrogen-bond acceptors (Lipinski definition) is 7. The van der Waals surface area contributed by atoms with Crippen molar-refractivity contribution in [1.82, 2.24) is 9.97 Å². The average Bonchev–Trinajstić information content (AvgIpc) is 2.38. The van der Waals surface area contributed by atoms with Gasteiger partial charge in [0.05, 0.1) is 5.75 Å². The Morgan fingerprint density at radius 1 is 1.26 bits per heavy atom. The molecule has 0 radical (unpaired) electrons. The number of nitrogens with two attached hydrogens (primary N) is 1. The summed E-state index contributed by atoms with van der Waals surface area (Å²) < 4.78 is 22.8. The lowest BCUT2D eigenvalue weighted by Gasteiger charge is -2.09. The molecule has 0 spiro atoms. The third-order valence-electron chi connectivity index (χ3n) is 2.55. The first-order valence-electron chi connectivity index (χ1n) is 6.29. The Morgan fingerprint density at radius 2 is 1.95 bits per heavy atom. The lowest BCUT2D eigenvalue weighted by molar-refractivity contribution is 0.597. The molecule has 0 fully saturated rings. The van der Waals surface area contributed by atoms with Crippen LogP contribution in [0.5, 0.6) is 0 Å². The van der Waals surface area contributed by atoms with Gasteiger partial charge in [-0.3, -0.25) is 0 Å². The van der Waals surface area contributed by atoms with Gasteiger partial charge in [-0.1, -0.05) is 13.8 Å². The minimum absolute atomic E-state index is 0.0853. The van der Waals surface area contributed by atoms with Gasteiger partial charge in [-0.25, -0.2) is 24.2 Å². The third-order valence-corrected chi connectivity index (χ3v) is 4.26. The second-order valence-electron chi connectivity index (χ2n) is 4.11. The van der Waals surface area contributed by atoms with Crippen LogP contribution in [0.2, 0.25) is 0 Å². The number of hydrazine groups is 1. The summed E-state index contributed by atoms with van der Waals surface area (Å²) in [5, 5.41) is 2.98. The predicted octanol–water partition coefficient (Wildman–Crippen LogP) is 0.561. The van der Waals surface area contributed by atoms with E-state index in [2.05, 4.69) is 20.7 Å². The normalized spacial score (nSPS) is 11.3. The first-order chi connectivity index (χ1) is 9.00. The number of hydrogen-bond donors (Lipinski definition) is 3. The molecule has 0 unspecified atom stereocenters. The van der Waals surface area contributed by atoms with Gasteiger partial charge in [0.2, 0.25) is 0 Å². The summed E-state index contributed by atoms with van der Waals surface area (Å²) in [7, 11) is -2.97. The summed E-state index contributed by atoms with van der Waals surface area (Å²) in [6.07, 6.45) is 1.68. The highest BCUT2D eigenvalue weighted by molar-refractivity contribution is 7.91. The Bertz CT molecular complexity index is 504. The Morgan fingerprint density at radius 3 is 2.53 bits per heavy atom. The van der Waals surface area contributed by atoms with E-state index in [9.17, 15) is 8.42 Å².